The molecule has 1 heterocycles. The molecule has 1 atom stereocenters. The summed E-state index contributed by atoms with van der Waals surface area (Å²) >= 11 is 0. The van der Waals surface area contributed by atoms with Gasteiger partial charge in [-0.3, -0.25) is 29.6 Å². The molecule has 0 aromatic heterocycles. The second kappa shape index (κ2) is 12.2. The van der Waals surface area contributed by atoms with Crippen molar-refractivity contribution in [3.63, 3.8) is 0 Å². The van der Waals surface area contributed by atoms with Gasteiger partial charge in [0.25, 0.3) is 0 Å². The number of carbonyl (C=O) groups excluding carboxylic acids is 3. The van der Waals surface area contributed by atoms with Crippen molar-refractivity contribution in [3.8, 4) is 0 Å². The van der Waals surface area contributed by atoms with Crippen LogP contribution in [0.15, 0.2) is 101 Å². The zero-order valence-corrected chi connectivity index (χ0v) is 22.7. The van der Waals surface area contributed by atoms with Crippen molar-refractivity contribution in [3.05, 3.63) is 102 Å². The molecule has 0 radical (unpaired) electrons. The van der Waals surface area contributed by atoms with Crippen LogP contribution < -0.4 is 10.3 Å². The lowest BCUT2D eigenvalue weighted by molar-refractivity contribution is -0.143. The minimum Gasteiger partial charge on any atom is -0.342 e. The van der Waals surface area contributed by atoms with E-state index in [4.69, 9.17) is 0 Å². The summed E-state index contributed by atoms with van der Waals surface area (Å²) in [6.07, 6.45) is 8.56. The fourth-order valence-corrected chi connectivity index (χ4v) is 4.26. The van der Waals surface area contributed by atoms with Crippen LogP contribution in [0.2, 0.25) is 0 Å². The second-order valence-electron chi connectivity index (χ2n) is 9.66. The number of hydrazone groups is 1. The maximum absolute atomic E-state index is 14.1. The first-order chi connectivity index (χ1) is 18.8. The van der Waals surface area contributed by atoms with Gasteiger partial charge >= 0.3 is 0 Å². The van der Waals surface area contributed by atoms with Crippen LogP contribution in [-0.4, -0.2) is 53.4 Å². The molecule has 1 saturated heterocycles. The zero-order chi connectivity index (χ0) is 27.9. The second-order valence-corrected chi connectivity index (χ2v) is 9.66. The lowest BCUT2D eigenvalue weighted by atomic mass is 10.0. The average Bonchev–Trinajstić information content (AvgIpc) is 3.21. The van der Waals surface area contributed by atoms with Crippen molar-refractivity contribution in [2.45, 2.75) is 33.2 Å². The lowest BCUT2D eigenvalue weighted by Crippen LogP contribution is -2.45. The molecule has 2 aliphatic rings. The van der Waals surface area contributed by atoms with E-state index in [1.807, 2.05) is 75.4 Å². The number of amides is 3. The predicted octanol–water partition coefficient (Wildman–Crippen LogP) is 4.63. The Labute approximate surface area is 229 Å². The van der Waals surface area contributed by atoms with Crippen LogP contribution in [0.25, 0.3) is 0 Å². The molecule has 3 amide bonds. The van der Waals surface area contributed by atoms with E-state index in [1.165, 1.54) is 16.0 Å². The highest BCUT2D eigenvalue weighted by Crippen LogP contribution is 2.33. The van der Waals surface area contributed by atoms with Crippen molar-refractivity contribution >= 4 is 35.3 Å². The quantitative estimate of drug-likeness (QED) is 0.237. The average molecular weight is 524 g/mol. The number of aryl methyl sites for hydroxylation is 1. The van der Waals surface area contributed by atoms with Gasteiger partial charge < -0.3 is 4.90 Å². The molecule has 0 spiro atoms. The minimum atomic E-state index is -1.10. The molecule has 39 heavy (non-hydrogen) atoms. The van der Waals surface area contributed by atoms with Gasteiger partial charge in [-0.2, -0.15) is 5.10 Å². The Bertz CT molecular complexity index is 1400. The first-order valence-corrected chi connectivity index (χ1v) is 12.9. The molecule has 1 aliphatic carbocycles. The number of carbonyl (C=O) groups is 3. The highest BCUT2D eigenvalue weighted by molar-refractivity contribution is 6.13. The van der Waals surface area contributed by atoms with Gasteiger partial charge in [0, 0.05) is 31.4 Å². The number of anilines is 2. The fourth-order valence-electron chi connectivity index (χ4n) is 4.26. The molecule has 8 nitrogen and oxygen atoms in total. The van der Waals surface area contributed by atoms with Gasteiger partial charge in [-0.1, -0.05) is 54.3 Å². The molecule has 1 N–H and O–H groups in total. The largest absolute Gasteiger partial charge is 0.342 e. The van der Waals surface area contributed by atoms with Gasteiger partial charge in [0.05, 0.1) is 11.4 Å². The maximum Gasteiger partial charge on any atom is 0.245 e. The van der Waals surface area contributed by atoms with Crippen LogP contribution >= 0.6 is 0 Å². The van der Waals surface area contributed by atoms with E-state index in [9.17, 15) is 14.4 Å². The third kappa shape index (κ3) is 6.08. The van der Waals surface area contributed by atoms with E-state index in [-0.39, 0.29) is 24.9 Å². The Hall–Kier alpha value is -4.68. The van der Waals surface area contributed by atoms with Crippen LogP contribution in [-0.2, 0) is 14.4 Å². The topological polar surface area (TPSA) is 85.3 Å². The molecule has 4 rings (SSSR count). The molecule has 200 valence electrons. The third-order valence-corrected chi connectivity index (χ3v) is 6.76. The summed E-state index contributed by atoms with van der Waals surface area (Å²) in [6.45, 7) is 5.57. The molecule has 8 heteroatoms. The predicted molar refractivity (Wildman–Crippen MR) is 154 cm³/mol. The van der Waals surface area contributed by atoms with Crippen LogP contribution in [0.1, 0.15) is 25.8 Å². The fraction of sp³-hybridized carbons (Fsp3) is 0.258. The Morgan fingerprint density at radius 3 is 2.51 bits per heavy atom. The van der Waals surface area contributed by atoms with Crippen LogP contribution in [0.4, 0.5) is 11.4 Å². The number of fused-ring (bicyclic) bond motifs is 1. The van der Waals surface area contributed by atoms with Gasteiger partial charge in [0.1, 0.15) is 18.2 Å². The van der Waals surface area contributed by atoms with E-state index in [0.717, 1.165) is 11.3 Å². The first kappa shape index (κ1) is 27.4. The lowest BCUT2D eigenvalue weighted by Gasteiger charge is -2.29. The van der Waals surface area contributed by atoms with E-state index in [0.29, 0.717) is 17.1 Å². The van der Waals surface area contributed by atoms with Crippen LogP contribution in [0, 0.1) is 12.8 Å². The van der Waals surface area contributed by atoms with Crippen molar-refractivity contribution < 1.29 is 14.4 Å². The normalized spacial score (nSPS) is 17.1. The Morgan fingerprint density at radius 2 is 1.79 bits per heavy atom. The van der Waals surface area contributed by atoms with Crippen LogP contribution in [0.5, 0.6) is 0 Å². The molecule has 1 aliphatic heterocycles. The number of nitrogens with zero attached hydrogens (tertiary/aromatic N) is 4. The summed E-state index contributed by atoms with van der Waals surface area (Å²) in [5.41, 5.74) is 9.45. The number of nitrogens with one attached hydrogen (secondary N) is 1. The number of benzene rings is 2. The summed E-state index contributed by atoms with van der Waals surface area (Å²) < 4.78 is 0. The summed E-state index contributed by atoms with van der Waals surface area (Å²) in [6, 6.07) is 16.8. The SMILES string of the molecule is Cc1ccccc1N/N=C/CC1C(=O)N(CC(=O)N(C)C(C)C)C2=CC=CC=C=C2N(c2ccccc2)C1=O. The first-order valence-electron chi connectivity index (χ1n) is 12.9. The minimum absolute atomic E-state index is 0.0459. The van der Waals surface area contributed by atoms with Gasteiger partial charge in [-0.25, -0.2) is 0 Å². The third-order valence-electron chi connectivity index (χ3n) is 6.76. The number of likely N-dealkylation sites (N-methyl/N-ethyl adjacent to an activating group) is 1. The number of para-hydroxylation sites is 2. The molecule has 2 aromatic rings. The molecule has 0 bridgehead atoms. The molecular formula is C31H33N5O3. The summed E-state index contributed by atoms with van der Waals surface area (Å²) in [5.74, 6) is -2.21. The molecule has 1 fully saturated rings. The monoisotopic (exact) mass is 523 g/mol. The summed E-state index contributed by atoms with van der Waals surface area (Å²) in [4.78, 5) is 45.8. The van der Waals surface area contributed by atoms with Gasteiger partial charge in [-0.05, 0) is 56.7 Å². The zero-order valence-electron chi connectivity index (χ0n) is 22.7. The molecule has 1 unspecified atom stereocenters. The number of rotatable bonds is 8. The standard InChI is InChI=1S/C31H33N5O3/c1-22(2)34(4)29(37)21-35-27-17-9-6-10-18-28(27)36(24-14-7-5-8-15-24)31(39)25(30(35)38)19-20-32-33-26-16-12-11-13-23(26)3/h5-17,20,22,25,33H,19,21H2,1-4H3/b32-20+. The van der Waals surface area contributed by atoms with Crippen molar-refractivity contribution in [2.24, 2.45) is 11.0 Å². The molecule has 0 saturated carbocycles. The summed E-state index contributed by atoms with van der Waals surface area (Å²) in [7, 11) is 1.70. The van der Waals surface area contributed by atoms with Crippen LogP contribution in [0.3, 0.4) is 0 Å². The Kier molecular flexibility index (Phi) is 8.59. The van der Waals surface area contributed by atoms with Gasteiger partial charge in [0.2, 0.25) is 17.7 Å². The van der Waals surface area contributed by atoms with Crippen molar-refractivity contribution in [1.82, 2.24) is 9.80 Å². The van der Waals surface area contributed by atoms with Gasteiger partial charge in [-0.15, -0.1) is 0 Å². The smallest absolute Gasteiger partial charge is 0.245 e. The number of allylic oxidation sites excluding steroid dienone is 3. The number of hydrogen-bond acceptors (Lipinski definition) is 5. The van der Waals surface area contributed by atoms with E-state index in [2.05, 4.69) is 16.3 Å². The van der Waals surface area contributed by atoms with E-state index in [1.54, 1.807) is 36.3 Å². The van der Waals surface area contributed by atoms with Crippen molar-refractivity contribution in [1.29, 1.82) is 0 Å². The van der Waals surface area contributed by atoms with E-state index < -0.39 is 17.7 Å². The van der Waals surface area contributed by atoms with Crippen molar-refractivity contribution in [2.75, 3.05) is 23.9 Å². The van der Waals surface area contributed by atoms with Gasteiger partial charge in [0.15, 0.2) is 0 Å². The highest BCUT2D eigenvalue weighted by Gasteiger charge is 2.43. The summed E-state index contributed by atoms with van der Waals surface area (Å²) in [5, 5.41) is 4.29. The maximum atomic E-state index is 14.1. The highest BCUT2D eigenvalue weighted by atomic mass is 16.2. The molecule has 2 aromatic carbocycles. The number of hydrogen-bond donors (Lipinski definition) is 1. The molecular weight excluding hydrogens is 490 g/mol. The van der Waals surface area contributed by atoms with E-state index >= 15 is 0 Å². The Morgan fingerprint density at radius 1 is 1.08 bits per heavy atom. The Balaban J connectivity index is 1.74.